The number of nitrogens with zero attached hydrogens (tertiary/aromatic N) is 2. The molecular weight excluding hydrogens is 337 g/mol. The lowest BCUT2D eigenvalue weighted by molar-refractivity contribution is -0.117. The molecule has 1 atom stereocenters. The number of aromatic hydroxyl groups is 1. The first-order valence-electron chi connectivity index (χ1n) is 7.17. The smallest absolute Gasteiger partial charge is 0.253 e. The molecule has 3 rings (SSSR count). The minimum Gasteiger partial charge on any atom is -0.506 e. The molecule has 1 fully saturated rings. The van der Waals surface area contributed by atoms with Crippen molar-refractivity contribution in [3.8, 4) is 5.75 Å². The summed E-state index contributed by atoms with van der Waals surface area (Å²) in [6, 6.07) is 2.71. The Bertz CT molecular complexity index is 782. The fourth-order valence-electron chi connectivity index (χ4n) is 2.72. The molecule has 0 radical (unpaired) electrons. The van der Waals surface area contributed by atoms with Crippen molar-refractivity contribution in [1.82, 2.24) is 9.62 Å². The molecule has 0 saturated carbocycles. The van der Waals surface area contributed by atoms with Crippen molar-refractivity contribution in [3.63, 3.8) is 0 Å². The summed E-state index contributed by atoms with van der Waals surface area (Å²) < 4.78 is 30.0. The number of halogens is 1. The van der Waals surface area contributed by atoms with Crippen LogP contribution in [0.3, 0.4) is 0 Å². The van der Waals surface area contributed by atoms with Gasteiger partial charge in [-0.05, 0) is 24.1 Å². The third-order valence-electron chi connectivity index (χ3n) is 3.87. The minimum absolute atomic E-state index is 0.101. The van der Waals surface area contributed by atoms with Crippen LogP contribution in [0.25, 0.3) is 5.57 Å². The molecule has 10 heteroatoms. The number of hydrogen-bond donors (Lipinski definition) is 4. The number of phenolic OH excluding ortho intramolecular Hbond substituents is 1. The zero-order chi connectivity index (χ0) is 17.4. The van der Waals surface area contributed by atoms with Crippen molar-refractivity contribution in [1.29, 1.82) is 5.41 Å². The molecule has 2 aliphatic heterocycles. The molecule has 0 aromatic heterocycles. The average molecular weight is 353 g/mol. The van der Waals surface area contributed by atoms with Gasteiger partial charge in [0.05, 0.1) is 0 Å². The summed E-state index contributed by atoms with van der Waals surface area (Å²) in [4.78, 5) is 13.0. The molecule has 1 saturated heterocycles. The van der Waals surface area contributed by atoms with Crippen molar-refractivity contribution in [2.24, 2.45) is 5.73 Å². The number of anilines is 1. The van der Waals surface area contributed by atoms with Crippen LogP contribution in [0.1, 0.15) is 12.0 Å². The summed E-state index contributed by atoms with van der Waals surface area (Å²) in [5.74, 6) is -1.79. The van der Waals surface area contributed by atoms with Crippen molar-refractivity contribution in [2.75, 3.05) is 23.9 Å². The van der Waals surface area contributed by atoms with E-state index in [1.54, 1.807) is 4.90 Å². The summed E-state index contributed by atoms with van der Waals surface area (Å²) in [5, 5.41) is 17.5. The number of nitrogens with one attached hydrogen (secondary N) is 2. The standard InChI is InChI=1S/C14H16FN5O3S/c15-12-9(8-2-1-5-19(6-8)14(16)17)3-4-10(21)13(12)20-7-11(22)18-24(20)23/h2-4,21H,1,5-7H2,(H3,16,17)(H,18,22). The first kappa shape index (κ1) is 16.2. The van der Waals surface area contributed by atoms with Crippen molar-refractivity contribution in [3.05, 3.63) is 29.6 Å². The van der Waals surface area contributed by atoms with E-state index in [4.69, 9.17) is 11.1 Å². The van der Waals surface area contributed by atoms with Crippen LogP contribution < -0.4 is 14.8 Å². The van der Waals surface area contributed by atoms with Gasteiger partial charge in [0.1, 0.15) is 18.0 Å². The second-order valence-electron chi connectivity index (χ2n) is 5.43. The van der Waals surface area contributed by atoms with E-state index < -0.39 is 28.6 Å². The van der Waals surface area contributed by atoms with Crippen LogP contribution in [-0.4, -0.2) is 45.7 Å². The molecule has 1 unspecified atom stereocenters. The number of rotatable bonds is 2. The SMILES string of the molecule is N=C(N)N1CCC=C(c2ccc(O)c(N3CC(=O)NS3=O)c2F)C1. The van der Waals surface area contributed by atoms with Gasteiger partial charge in [0.25, 0.3) is 5.91 Å². The number of amides is 1. The molecule has 1 amide bonds. The molecule has 2 aliphatic rings. The van der Waals surface area contributed by atoms with Crippen LogP contribution in [0.15, 0.2) is 18.2 Å². The Labute approximate surface area is 140 Å². The van der Waals surface area contributed by atoms with Gasteiger partial charge in [-0.1, -0.05) is 6.08 Å². The number of carbonyl (C=O) groups is 1. The summed E-state index contributed by atoms with van der Waals surface area (Å²) in [6.45, 7) is 0.524. The molecule has 1 aromatic carbocycles. The van der Waals surface area contributed by atoms with Gasteiger partial charge in [-0.15, -0.1) is 0 Å². The Morgan fingerprint density at radius 3 is 2.79 bits per heavy atom. The van der Waals surface area contributed by atoms with Gasteiger partial charge in [-0.25, -0.2) is 8.60 Å². The zero-order valence-electron chi connectivity index (χ0n) is 12.6. The van der Waals surface area contributed by atoms with Gasteiger partial charge in [0.15, 0.2) is 11.8 Å². The highest BCUT2D eigenvalue weighted by Gasteiger charge is 2.32. The molecule has 8 nitrogen and oxygen atoms in total. The molecule has 24 heavy (non-hydrogen) atoms. The number of phenols is 1. The largest absolute Gasteiger partial charge is 0.506 e. The summed E-state index contributed by atoms with van der Waals surface area (Å²) in [7, 11) is 0. The lowest BCUT2D eigenvalue weighted by Crippen LogP contribution is -2.39. The Balaban J connectivity index is 2.01. The van der Waals surface area contributed by atoms with Crippen molar-refractivity contribution in [2.45, 2.75) is 6.42 Å². The fraction of sp³-hybridized carbons (Fsp3) is 0.286. The van der Waals surface area contributed by atoms with Crippen molar-refractivity contribution >= 4 is 34.3 Å². The Morgan fingerprint density at radius 1 is 1.42 bits per heavy atom. The van der Waals surface area contributed by atoms with E-state index in [2.05, 4.69) is 4.72 Å². The minimum atomic E-state index is -1.94. The van der Waals surface area contributed by atoms with Crippen LogP contribution in [0.4, 0.5) is 10.1 Å². The van der Waals surface area contributed by atoms with Gasteiger partial charge in [-0.3, -0.25) is 19.2 Å². The molecule has 0 spiro atoms. The predicted molar refractivity (Wildman–Crippen MR) is 87.8 cm³/mol. The van der Waals surface area contributed by atoms with Crippen LogP contribution in [-0.2, 0) is 16.0 Å². The third-order valence-corrected chi connectivity index (χ3v) is 4.98. The van der Waals surface area contributed by atoms with E-state index in [9.17, 15) is 18.5 Å². The second-order valence-corrected chi connectivity index (χ2v) is 6.57. The zero-order valence-corrected chi connectivity index (χ0v) is 13.4. The number of nitrogens with two attached hydrogens (primary N) is 1. The number of guanidine groups is 1. The van der Waals surface area contributed by atoms with E-state index in [0.717, 1.165) is 4.31 Å². The molecule has 0 bridgehead atoms. The second kappa shape index (κ2) is 6.11. The van der Waals surface area contributed by atoms with Crippen molar-refractivity contribution < 1.29 is 18.5 Å². The highest BCUT2D eigenvalue weighted by molar-refractivity contribution is 7.85. The predicted octanol–water partition coefficient (Wildman–Crippen LogP) is 0.0288. The lowest BCUT2D eigenvalue weighted by Gasteiger charge is -2.28. The molecular formula is C14H16FN5O3S. The van der Waals surface area contributed by atoms with Gasteiger partial charge in [0.2, 0.25) is 11.2 Å². The summed E-state index contributed by atoms with van der Waals surface area (Å²) in [5.41, 5.74) is 6.02. The van der Waals surface area contributed by atoms with Gasteiger partial charge < -0.3 is 15.7 Å². The third kappa shape index (κ3) is 2.80. The average Bonchev–Trinajstić information content (AvgIpc) is 2.86. The van der Waals surface area contributed by atoms with Crippen LogP contribution in [0, 0.1) is 11.2 Å². The molecule has 128 valence electrons. The Kier molecular flexibility index (Phi) is 4.14. The maximum absolute atomic E-state index is 15.0. The van der Waals surface area contributed by atoms with E-state index in [-0.39, 0.29) is 30.3 Å². The van der Waals surface area contributed by atoms with Crippen LogP contribution in [0.5, 0.6) is 5.75 Å². The lowest BCUT2D eigenvalue weighted by atomic mass is 9.99. The molecule has 0 aliphatic carbocycles. The Morgan fingerprint density at radius 2 is 2.17 bits per heavy atom. The van der Waals surface area contributed by atoms with Crippen LogP contribution >= 0.6 is 0 Å². The first-order valence-corrected chi connectivity index (χ1v) is 8.28. The van der Waals surface area contributed by atoms with E-state index in [0.29, 0.717) is 18.5 Å². The monoisotopic (exact) mass is 353 g/mol. The highest BCUT2D eigenvalue weighted by atomic mass is 32.2. The molecule has 1 aromatic rings. The van der Waals surface area contributed by atoms with Gasteiger partial charge in [-0.2, -0.15) is 0 Å². The quantitative estimate of drug-likeness (QED) is 0.441. The maximum Gasteiger partial charge on any atom is 0.253 e. The van der Waals surface area contributed by atoms with E-state index >= 15 is 0 Å². The molecule has 5 N–H and O–H groups in total. The summed E-state index contributed by atoms with van der Waals surface area (Å²) in [6.07, 6.45) is 2.43. The number of carbonyl (C=O) groups excluding carboxylic acids is 1. The first-order chi connectivity index (χ1) is 11.4. The van der Waals surface area contributed by atoms with Gasteiger partial charge in [0, 0.05) is 18.7 Å². The molecule has 2 heterocycles. The Hall–Kier alpha value is -2.62. The van der Waals surface area contributed by atoms with Gasteiger partial charge >= 0.3 is 0 Å². The maximum atomic E-state index is 15.0. The number of hydrogen-bond acceptors (Lipinski definition) is 4. The highest BCUT2D eigenvalue weighted by Crippen LogP contribution is 2.37. The van der Waals surface area contributed by atoms with E-state index in [1.807, 2.05) is 6.08 Å². The van der Waals surface area contributed by atoms with Crippen LogP contribution in [0.2, 0.25) is 0 Å². The van der Waals surface area contributed by atoms with E-state index in [1.165, 1.54) is 12.1 Å². The summed E-state index contributed by atoms with van der Waals surface area (Å²) >= 11 is -1.94. The normalized spacial score (nSPS) is 20.8. The topological polar surface area (TPSA) is 123 Å². The number of benzene rings is 1. The fourth-order valence-corrected chi connectivity index (χ4v) is 3.66.